The molecule has 0 bridgehead atoms. The molecule has 1 aromatic carbocycles. The first-order valence-corrected chi connectivity index (χ1v) is 11.2. The summed E-state index contributed by atoms with van der Waals surface area (Å²) >= 11 is 0. The van der Waals surface area contributed by atoms with Crippen LogP contribution >= 0.6 is 0 Å². The first-order valence-electron chi connectivity index (χ1n) is 11.2. The van der Waals surface area contributed by atoms with E-state index in [0.29, 0.717) is 6.04 Å². The highest BCUT2D eigenvalue weighted by atomic mass is 16.1. The summed E-state index contributed by atoms with van der Waals surface area (Å²) in [6.45, 7) is 13.1. The second-order valence-corrected chi connectivity index (χ2v) is 9.65. The molecule has 30 heavy (non-hydrogen) atoms. The highest BCUT2D eigenvalue weighted by molar-refractivity contribution is 6.02. The minimum absolute atomic E-state index is 0.0628. The average Bonchev–Trinajstić information content (AvgIpc) is 2.66. The van der Waals surface area contributed by atoms with Gasteiger partial charge in [-0.15, -0.1) is 0 Å². The van der Waals surface area contributed by atoms with Crippen LogP contribution < -0.4 is 10.2 Å². The number of nitrogens with one attached hydrogen (secondary N) is 1. The Morgan fingerprint density at radius 1 is 1.23 bits per heavy atom. The number of allylic oxidation sites excluding steroid dienone is 1. The predicted octanol–water partition coefficient (Wildman–Crippen LogP) is 5.76. The van der Waals surface area contributed by atoms with E-state index < -0.39 is 0 Å². The number of hydrogen-bond acceptors (Lipinski definition) is 3. The zero-order valence-electron chi connectivity index (χ0n) is 19.3. The van der Waals surface area contributed by atoms with Crippen LogP contribution in [0, 0.1) is 18.3 Å². The molecule has 4 nitrogen and oxygen atoms in total. The minimum atomic E-state index is -0.251. The molecule has 2 aliphatic rings. The second kappa shape index (κ2) is 8.68. The SMILES string of the molecule is CC1=CC(C)(C)N(C(C)C)c2cc(C)c(/C=C(/C#N)C(=O)NC3CCCCC3)cc21. The lowest BCUT2D eigenvalue weighted by Crippen LogP contribution is -2.49. The molecule has 160 valence electrons. The van der Waals surface area contributed by atoms with E-state index >= 15 is 0 Å². The Balaban J connectivity index is 1.96. The molecule has 0 aromatic heterocycles. The number of nitriles is 1. The number of anilines is 1. The number of carbonyl (C=O) groups is 1. The van der Waals surface area contributed by atoms with Crippen molar-refractivity contribution in [2.75, 3.05) is 4.90 Å². The molecule has 3 rings (SSSR count). The molecule has 0 spiro atoms. The normalized spacial score (nSPS) is 19.2. The Bertz CT molecular complexity index is 924. The quantitative estimate of drug-likeness (QED) is 0.512. The first kappa shape index (κ1) is 22.2. The lowest BCUT2D eigenvalue weighted by molar-refractivity contribution is -0.117. The smallest absolute Gasteiger partial charge is 0.262 e. The number of nitrogens with zero attached hydrogens (tertiary/aromatic N) is 2. The van der Waals surface area contributed by atoms with E-state index in [2.05, 4.69) is 76.0 Å². The van der Waals surface area contributed by atoms with Crippen molar-refractivity contribution in [3.05, 3.63) is 40.5 Å². The molecule has 1 N–H and O–H groups in total. The van der Waals surface area contributed by atoms with Crippen LogP contribution in [-0.2, 0) is 4.79 Å². The number of benzene rings is 1. The van der Waals surface area contributed by atoms with Crippen molar-refractivity contribution >= 4 is 23.2 Å². The van der Waals surface area contributed by atoms with E-state index in [9.17, 15) is 10.1 Å². The van der Waals surface area contributed by atoms with Gasteiger partial charge in [-0.25, -0.2) is 0 Å². The van der Waals surface area contributed by atoms with E-state index in [1.165, 1.54) is 23.2 Å². The average molecular weight is 406 g/mol. The van der Waals surface area contributed by atoms with Crippen molar-refractivity contribution < 1.29 is 4.79 Å². The zero-order valence-corrected chi connectivity index (χ0v) is 19.3. The Morgan fingerprint density at radius 2 is 1.90 bits per heavy atom. The number of fused-ring (bicyclic) bond motifs is 1. The maximum atomic E-state index is 12.7. The molecule has 0 unspecified atom stereocenters. The number of rotatable bonds is 4. The third-order valence-electron chi connectivity index (χ3n) is 6.38. The Hall–Kier alpha value is -2.54. The molecule has 1 saturated carbocycles. The fourth-order valence-electron chi connectivity index (χ4n) is 5.13. The number of amides is 1. The molecule has 0 saturated heterocycles. The summed E-state index contributed by atoms with van der Waals surface area (Å²) in [4.78, 5) is 15.2. The van der Waals surface area contributed by atoms with Crippen molar-refractivity contribution in [1.29, 1.82) is 5.26 Å². The van der Waals surface area contributed by atoms with E-state index in [4.69, 9.17) is 0 Å². The van der Waals surface area contributed by atoms with Gasteiger partial charge in [0.15, 0.2) is 0 Å². The summed E-state index contributed by atoms with van der Waals surface area (Å²) in [5.74, 6) is -0.251. The van der Waals surface area contributed by atoms with Crippen LogP contribution in [0.25, 0.3) is 11.6 Å². The van der Waals surface area contributed by atoms with Crippen LogP contribution in [0.3, 0.4) is 0 Å². The molecule has 1 aromatic rings. The monoisotopic (exact) mass is 405 g/mol. The fraction of sp³-hybridized carbons (Fsp3) is 0.538. The van der Waals surface area contributed by atoms with Crippen LogP contribution in [0.15, 0.2) is 23.8 Å². The summed E-state index contributed by atoms with van der Waals surface area (Å²) in [6.07, 6.45) is 9.60. The van der Waals surface area contributed by atoms with Crippen LogP contribution in [0.4, 0.5) is 5.69 Å². The molecule has 1 heterocycles. The molecule has 1 fully saturated rings. The van der Waals surface area contributed by atoms with E-state index in [0.717, 1.165) is 36.8 Å². The summed E-state index contributed by atoms with van der Waals surface area (Å²) in [5, 5.41) is 12.7. The van der Waals surface area contributed by atoms with Crippen LogP contribution in [0.2, 0.25) is 0 Å². The Labute approximate surface area is 181 Å². The number of aryl methyl sites for hydroxylation is 1. The van der Waals surface area contributed by atoms with Crippen molar-refractivity contribution in [3.8, 4) is 6.07 Å². The van der Waals surface area contributed by atoms with Gasteiger partial charge in [-0.2, -0.15) is 5.26 Å². The lowest BCUT2D eigenvalue weighted by Gasteiger charge is -2.46. The van der Waals surface area contributed by atoms with Gasteiger partial charge in [-0.3, -0.25) is 4.79 Å². The highest BCUT2D eigenvalue weighted by Crippen LogP contribution is 2.41. The second-order valence-electron chi connectivity index (χ2n) is 9.65. The van der Waals surface area contributed by atoms with Gasteiger partial charge in [0.05, 0.1) is 5.54 Å². The Kier molecular flexibility index (Phi) is 6.41. The van der Waals surface area contributed by atoms with E-state index in [1.54, 1.807) is 6.08 Å². The summed E-state index contributed by atoms with van der Waals surface area (Å²) < 4.78 is 0. The molecule has 1 amide bonds. The van der Waals surface area contributed by atoms with Gasteiger partial charge in [0, 0.05) is 23.3 Å². The fourth-order valence-corrected chi connectivity index (χ4v) is 5.13. The van der Waals surface area contributed by atoms with Gasteiger partial charge in [-0.05, 0) is 89.3 Å². The van der Waals surface area contributed by atoms with Crippen LogP contribution in [-0.4, -0.2) is 23.5 Å². The molecule has 0 radical (unpaired) electrons. The third kappa shape index (κ3) is 4.46. The lowest BCUT2D eigenvalue weighted by atomic mass is 9.85. The predicted molar refractivity (Wildman–Crippen MR) is 125 cm³/mol. The van der Waals surface area contributed by atoms with E-state index in [1.807, 2.05) is 0 Å². The molecule has 1 aliphatic carbocycles. The van der Waals surface area contributed by atoms with Gasteiger partial charge >= 0.3 is 0 Å². The standard InChI is InChI=1S/C26H35N3O/c1-17(2)29-24-12-18(3)20(14-23(24)19(4)15-26(29,5)6)13-21(16-27)25(30)28-22-10-8-7-9-11-22/h12-15,17,22H,7-11H2,1-6H3,(H,28,30)/b21-13-. The molecule has 1 aliphatic heterocycles. The maximum Gasteiger partial charge on any atom is 0.262 e. The van der Waals surface area contributed by atoms with Gasteiger partial charge in [0.25, 0.3) is 5.91 Å². The van der Waals surface area contributed by atoms with Gasteiger partial charge in [-0.1, -0.05) is 25.3 Å². The Morgan fingerprint density at radius 3 is 2.50 bits per heavy atom. The van der Waals surface area contributed by atoms with Crippen molar-refractivity contribution in [2.45, 2.75) is 91.3 Å². The minimum Gasteiger partial charge on any atom is -0.360 e. The topological polar surface area (TPSA) is 56.1 Å². The highest BCUT2D eigenvalue weighted by Gasteiger charge is 2.33. The first-order chi connectivity index (χ1) is 14.1. The van der Waals surface area contributed by atoms with Gasteiger partial charge in [0.1, 0.15) is 11.6 Å². The largest absolute Gasteiger partial charge is 0.360 e. The summed E-state index contributed by atoms with van der Waals surface area (Å²) in [5.41, 5.74) is 5.74. The van der Waals surface area contributed by atoms with Crippen molar-refractivity contribution in [1.82, 2.24) is 5.32 Å². The zero-order chi connectivity index (χ0) is 22.1. The molecular formula is C26H35N3O. The molecule has 0 atom stereocenters. The van der Waals surface area contributed by atoms with Gasteiger partial charge < -0.3 is 10.2 Å². The summed E-state index contributed by atoms with van der Waals surface area (Å²) in [7, 11) is 0. The van der Waals surface area contributed by atoms with E-state index in [-0.39, 0.29) is 23.1 Å². The third-order valence-corrected chi connectivity index (χ3v) is 6.38. The number of hydrogen-bond donors (Lipinski definition) is 1. The maximum absolute atomic E-state index is 12.7. The van der Waals surface area contributed by atoms with Crippen LogP contribution in [0.1, 0.15) is 83.4 Å². The summed E-state index contributed by atoms with van der Waals surface area (Å²) in [6, 6.07) is 7.01. The van der Waals surface area contributed by atoms with Crippen molar-refractivity contribution in [3.63, 3.8) is 0 Å². The van der Waals surface area contributed by atoms with Gasteiger partial charge in [0.2, 0.25) is 0 Å². The van der Waals surface area contributed by atoms with Crippen molar-refractivity contribution in [2.24, 2.45) is 0 Å². The molecular weight excluding hydrogens is 370 g/mol. The van der Waals surface area contributed by atoms with Crippen LogP contribution in [0.5, 0.6) is 0 Å². The number of carbonyl (C=O) groups excluding carboxylic acids is 1. The molecule has 4 heteroatoms.